The van der Waals surface area contributed by atoms with Crippen molar-refractivity contribution in [1.29, 1.82) is 0 Å². The summed E-state index contributed by atoms with van der Waals surface area (Å²) in [6.45, 7) is -0.528. The lowest BCUT2D eigenvalue weighted by Crippen LogP contribution is -2.34. The number of benzene rings is 1. The molecule has 0 heterocycles. The van der Waals surface area contributed by atoms with Gasteiger partial charge in [0.15, 0.2) is 0 Å². The molecule has 0 spiro atoms. The van der Waals surface area contributed by atoms with Gasteiger partial charge in [-0.25, -0.2) is 4.39 Å². The van der Waals surface area contributed by atoms with E-state index in [1.165, 1.54) is 0 Å². The van der Waals surface area contributed by atoms with E-state index >= 15 is 0 Å². The molecule has 0 amide bonds. The Balaban J connectivity index is 2.43. The van der Waals surface area contributed by atoms with Gasteiger partial charge in [0.25, 0.3) is 0 Å². The van der Waals surface area contributed by atoms with Crippen molar-refractivity contribution in [3.8, 4) is 5.75 Å². The quantitative estimate of drug-likeness (QED) is 0.572. The summed E-state index contributed by atoms with van der Waals surface area (Å²) < 4.78 is 17.1. The normalized spacial score (nSPS) is 13.3. The van der Waals surface area contributed by atoms with Crippen molar-refractivity contribution in [1.82, 2.24) is 0 Å². The fourth-order valence-corrected chi connectivity index (χ4v) is 2.21. The lowest BCUT2D eigenvalue weighted by molar-refractivity contribution is -0.143. The third-order valence-electron chi connectivity index (χ3n) is 3.49. The van der Waals surface area contributed by atoms with Crippen molar-refractivity contribution in [2.75, 3.05) is 13.3 Å². The Hall–Kier alpha value is -2.15. The standard InChI is InChI=1S/C16H22FNO5/c17-8-9-23-13-6-4-11(5-7-13)2-1-3-12(15(19)20)10-14(18)16(21)22/h4-7,12,14H,1-3,8-10,18H2,(H,19,20)(H,21,22)/t12?,14-/m0/s1/i17-1. The summed E-state index contributed by atoms with van der Waals surface area (Å²) in [5, 5.41) is 17.9. The van der Waals surface area contributed by atoms with Crippen LogP contribution in [0.2, 0.25) is 0 Å². The number of alkyl halides is 1. The maximum Gasteiger partial charge on any atom is 0.320 e. The van der Waals surface area contributed by atoms with Crippen molar-refractivity contribution in [2.45, 2.75) is 31.7 Å². The van der Waals surface area contributed by atoms with Crippen molar-refractivity contribution in [3.63, 3.8) is 0 Å². The van der Waals surface area contributed by atoms with Crippen LogP contribution in [0.15, 0.2) is 24.3 Å². The molecule has 2 atom stereocenters. The van der Waals surface area contributed by atoms with E-state index < -0.39 is 30.6 Å². The fraction of sp³-hybridized carbons (Fsp3) is 0.500. The molecule has 4 N–H and O–H groups in total. The van der Waals surface area contributed by atoms with E-state index in [-0.39, 0.29) is 13.0 Å². The summed E-state index contributed by atoms with van der Waals surface area (Å²) in [7, 11) is 0. The first-order chi connectivity index (χ1) is 10.9. The highest BCUT2D eigenvalue weighted by Crippen LogP contribution is 2.18. The lowest BCUT2D eigenvalue weighted by atomic mass is 9.93. The van der Waals surface area contributed by atoms with Crippen LogP contribution in [0.1, 0.15) is 24.8 Å². The first-order valence-corrected chi connectivity index (χ1v) is 7.43. The van der Waals surface area contributed by atoms with Crippen LogP contribution < -0.4 is 10.5 Å². The molecule has 0 aromatic heterocycles. The molecule has 0 saturated carbocycles. The molecule has 1 unspecified atom stereocenters. The Bertz CT molecular complexity index is 506. The number of aryl methyl sites for hydroxylation is 1. The molecule has 23 heavy (non-hydrogen) atoms. The second kappa shape index (κ2) is 9.78. The molecule has 6 nitrogen and oxygen atoms in total. The Morgan fingerprint density at radius 1 is 1.17 bits per heavy atom. The van der Waals surface area contributed by atoms with Gasteiger partial charge in [0.2, 0.25) is 0 Å². The van der Waals surface area contributed by atoms with E-state index in [2.05, 4.69) is 0 Å². The molecule has 1 rings (SSSR count). The van der Waals surface area contributed by atoms with Gasteiger partial charge >= 0.3 is 11.9 Å². The van der Waals surface area contributed by atoms with Crippen molar-refractivity contribution in [3.05, 3.63) is 29.8 Å². The summed E-state index contributed by atoms with van der Waals surface area (Å²) in [6, 6.07) is 5.99. The van der Waals surface area contributed by atoms with Gasteiger partial charge in [-0.1, -0.05) is 12.1 Å². The van der Waals surface area contributed by atoms with Crippen LogP contribution in [0.3, 0.4) is 0 Å². The number of hydrogen-bond donors (Lipinski definition) is 3. The fourth-order valence-electron chi connectivity index (χ4n) is 2.21. The average Bonchev–Trinajstić information content (AvgIpc) is 2.52. The molecule has 0 aliphatic rings. The zero-order valence-electron chi connectivity index (χ0n) is 12.8. The maximum absolute atomic E-state index is 12.0. The summed E-state index contributed by atoms with van der Waals surface area (Å²) in [6.07, 6.45) is 1.54. The van der Waals surface area contributed by atoms with Crippen LogP contribution in [-0.2, 0) is 16.0 Å². The monoisotopic (exact) mass is 326 g/mol. The SMILES string of the molecule is N[C@@H](CC(CCCc1ccc(OCC[18F])cc1)C(=O)O)C(=O)O. The molecule has 0 radical (unpaired) electrons. The maximum atomic E-state index is 12.0. The number of rotatable bonds is 11. The summed E-state index contributed by atoms with van der Waals surface area (Å²) >= 11 is 0. The highest BCUT2D eigenvalue weighted by Gasteiger charge is 2.23. The molecule has 7 heteroatoms. The average molecular weight is 326 g/mol. The molecule has 0 saturated heterocycles. The Kier molecular flexibility index (Phi) is 8.04. The zero-order valence-corrected chi connectivity index (χ0v) is 12.8. The van der Waals surface area contributed by atoms with Crippen LogP contribution in [0, 0.1) is 5.92 Å². The van der Waals surface area contributed by atoms with Gasteiger partial charge in [0.05, 0.1) is 5.92 Å². The van der Waals surface area contributed by atoms with Crippen LogP contribution >= 0.6 is 0 Å². The summed E-state index contributed by atoms with van der Waals surface area (Å²) in [5.41, 5.74) is 6.40. The third-order valence-corrected chi connectivity index (χ3v) is 3.49. The number of ether oxygens (including phenoxy) is 1. The minimum atomic E-state index is -1.19. The van der Waals surface area contributed by atoms with Gasteiger partial charge in [0, 0.05) is 0 Å². The minimum absolute atomic E-state index is 0.0173. The van der Waals surface area contributed by atoms with Gasteiger partial charge < -0.3 is 20.7 Å². The predicted molar refractivity (Wildman–Crippen MR) is 82.2 cm³/mol. The first kappa shape index (κ1) is 18.9. The number of nitrogens with two attached hydrogens (primary N) is 1. The predicted octanol–water partition coefficient (Wildman–Crippen LogP) is 1.86. The van der Waals surface area contributed by atoms with E-state index in [1.54, 1.807) is 12.1 Å². The number of carbonyl (C=O) groups is 2. The molecule has 0 bridgehead atoms. The molecule has 0 aliphatic heterocycles. The van der Waals surface area contributed by atoms with Crippen LogP contribution in [0.4, 0.5) is 4.39 Å². The second-order valence-corrected chi connectivity index (χ2v) is 5.29. The summed E-state index contributed by atoms with van der Waals surface area (Å²) in [5.74, 6) is -2.41. The van der Waals surface area contributed by atoms with Gasteiger partial charge in [-0.3, -0.25) is 9.59 Å². The van der Waals surface area contributed by atoms with E-state index in [4.69, 9.17) is 20.7 Å². The molecule has 0 fully saturated rings. The van der Waals surface area contributed by atoms with Crippen molar-refractivity contribution < 1.29 is 28.9 Å². The molecule has 1 aromatic carbocycles. The van der Waals surface area contributed by atoms with Gasteiger partial charge in [-0.2, -0.15) is 0 Å². The smallest absolute Gasteiger partial charge is 0.320 e. The van der Waals surface area contributed by atoms with Gasteiger partial charge in [0.1, 0.15) is 25.1 Å². The second-order valence-electron chi connectivity index (χ2n) is 5.29. The minimum Gasteiger partial charge on any atom is -0.491 e. The number of halogens is 1. The number of carboxylic acid groups (broad SMARTS) is 2. The van der Waals surface area contributed by atoms with Gasteiger partial charge in [-0.05, 0) is 43.4 Å². The zero-order chi connectivity index (χ0) is 17.2. The van der Waals surface area contributed by atoms with E-state index in [0.717, 1.165) is 5.56 Å². The molecular formula is C16H22FNO5. The highest BCUT2D eigenvalue weighted by atomic mass is 18.2. The Labute approximate surface area is 134 Å². The summed E-state index contributed by atoms with van der Waals surface area (Å²) in [4.78, 5) is 21.9. The van der Waals surface area contributed by atoms with Crippen LogP contribution in [0.5, 0.6) is 5.75 Å². The topological polar surface area (TPSA) is 110 Å². The molecule has 128 valence electrons. The Morgan fingerprint density at radius 2 is 1.83 bits per heavy atom. The van der Waals surface area contributed by atoms with Crippen molar-refractivity contribution in [2.24, 2.45) is 11.7 Å². The van der Waals surface area contributed by atoms with Crippen LogP contribution in [0.25, 0.3) is 0 Å². The van der Waals surface area contributed by atoms with E-state index in [1.807, 2.05) is 12.1 Å². The van der Waals surface area contributed by atoms with E-state index in [9.17, 15) is 14.0 Å². The first-order valence-electron chi connectivity index (χ1n) is 7.43. The molecule has 0 aliphatic carbocycles. The number of hydrogen-bond acceptors (Lipinski definition) is 4. The molecule has 1 aromatic rings. The largest absolute Gasteiger partial charge is 0.491 e. The van der Waals surface area contributed by atoms with Gasteiger partial charge in [-0.15, -0.1) is 0 Å². The van der Waals surface area contributed by atoms with Crippen molar-refractivity contribution >= 4 is 11.9 Å². The van der Waals surface area contributed by atoms with Crippen LogP contribution in [-0.4, -0.2) is 41.5 Å². The number of carboxylic acids is 2. The third kappa shape index (κ3) is 7.10. The highest BCUT2D eigenvalue weighted by molar-refractivity contribution is 5.75. The molecular weight excluding hydrogens is 304 g/mol. The number of aliphatic carboxylic acids is 2. The van der Waals surface area contributed by atoms with E-state index in [0.29, 0.717) is 25.0 Å². The lowest BCUT2D eigenvalue weighted by Gasteiger charge is -2.14. The Morgan fingerprint density at radius 3 is 2.35 bits per heavy atom.